The topological polar surface area (TPSA) is 86.6 Å². The predicted molar refractivity (Wildman–Crippen MR) is 77.9 cm³/mol. The van der Waals surface area contributed by atoms with Crippen LogP contribution in [-0.2, 0) is 10.1 Å². The minimum absolute atomic E-state index is 0.174. The molecule has 6 heteroatoms. The van der Waals surface area contributed by atoms with E-state index >= 15 is 0 Å². The summed E-state index contributed by atoms with van der Waals surface area (Å²) in [5.41, 5.74) is 0. The lowest BCUT2D eigenvalue weighted by atomic mass is 10.1. The molecule has 0 aliphatic carbocycles. The second kappa shape index (κ2) is 11.6. The Labute approximate surface area is 117 Å². The van der Waals surface area contributed by atoms with Crippen LogP contribution in [0, 0.1) is 0 Å². The summed E-state index contributed by atoms with van der Waals surface area (Å²) >= 11 is 0. The van der Waals surface area contributed by atoms with Crippen LogP contribution in [0.25, 0.3) is 0 Å². The zero-order valence-corrected chi connectivity index (χ0v) is 12.8. The molecule has 0 bridgehead atoms. The van der Waals surface area contributed by atoms with Crippen LogP contribution in [-0.4, -0.2) is 43.0 Å². The molecule has 0 saturated carbocycles. The summed E-state index contributed by atoms with van der Waals surface area (Å²) in [7, 11) is -3.90. The molecule has 0 fully saturated rings. The molecule has 0 aromatic heterocycles. The fourth-order valence-electron chi connectivity index (χ4n) is 1.91. The standard InChI is InChI=1S/C13H29NO4S/c1-2-3-4-5-6-7-8-9-13(15)12-14-10-11-19(16,17)18/h13-15H,2-12H2,1H3,(H,16,17,18). The maximum absolute atomic E-state index is 10.4. The highest BCUT2D eigenvalue weighted by Gasteiger charge is 2.06. The molecular weight excluding hydrogens is 266 g/mol. The van der Waals surface area contributed by atoms with Gasteiger partial charge in [0.1, 0.15) is 0 Å². The highest BCUT2D eigenvalue weighted by Crippen LogP contribution is 2.09. The summed E-state index contributed by atoms with van der Waals surface area (Å²) in [5.74, 6) is -0.308. The average molecular weight is 295 g/mol. The van der Waals surface area contributed by atoms with Gasteiger partial charge in [0.25, 0.3) is 10.1 Å². The molecule has 0 aromatic carbocycles. The quantitative estimate of drug-likeness (QED) is 0.357. The Morgan fingerprint density at radius 2 is 1.63 bits per heavy atom. The normalized spacial score (nSPS) is 13.6. The first-order valence-corrected chi connectivity index (χ1v) is 8.90. The summed E-state index contributed by atoms with van der Waals surface area (Å²) in [4.78, 5) is 0. The van der Waals surface area contributed by atoms with Gasteiger partial charge in [-0.1, -0.05) is 51.9 Å². The molecular formula is C13H29NO4S. The van der Waals surface area contributed by atoms with Crippen LogP contribution in [0.4, 0.5) is 0 Å². The summed E-state index contributed by atoms with van der Waals surface area (Å²) in [6.45, 7) is 2.75. The van der Waals surface area contributed by atoms with Gasteiger partial charge in [0.05, 0.1) is 11.9 Å². The summed E-state index contributed by atoms with van der Waals surface area (Å²) in [6, 6.07) is 0. The average Bonchev–Trinajstić information content (AvgIpc) is 2.32. The van der Waals surface area contributed by atoms with Gasteiger partial charge in [0.2, 0.25) is 0 Å². The van der Waals surface area contributed by atoms with Crippen molar-refractivity contribution < 1.29 is 18.1 Å². The molecule has 116 valence electrons. The van der Waals surface area contributed by atoms with E-state index in [1.165, 1.54) is 32.1 Å². The molecule has 0 aromatic rings. The number of nitrogens with one attached hydrogen (secondary N) is 1. The minimum Gasteiger partial charge on any atom is -0.392 e. The van der Waals surface area contributed by atoms with Crippen molar-refractivity contribution in [2.75, 3.05) is 18.8 Å². The molecule has 0 radical (unpaired) electrons. The maximum atomic E-state index is 10.4. The van der Waals surface area contributed by atoms with Crippen molar-refractivity contribution >= 4 is 10.1 Å². The Bertz CT molecular complexity index is 293. The van der Waals surface area contributed by atoms with E-state index in [2.05, 4.69) is 12.2 Å². The van der Waals surface area contributed by atoms with Crippen molar-refractivity contribution in [1.82, 2.24) is 5.32 Å². The van der Waals surface area contributed by atoms with Crippen LogP contribution in [0.5, 0.6) is 0 Å². The number of rotatable bonds is 13. The van der Waals surface area contributed by atoms with E-state index in [1.54, 1.807) is 0 Å². The monoisotopic (exact) mass is 295 g/mol. The Balaban J connectivity index is 3.28. The molecule has 0 rings (SSSR count). The Morgan fingerprint density at radius 1 is 1.05 bits per heavy atom. The smallest absolute Gasteiger partial charge is 0.266 e. The second-order valence-corrected chi connectivity index (χ2v) is 6.63. The Kier molecular flexibility index (Phi) is 11.5. The van der Waals surface area contributed by atoms with Crippen LogP contribution in [0.2, 0.25) is 0 Å². The number of unbranched alkanes of at least 4 members (excludes halogenated alkanes) is 6. The predicted octanol–water partition coefficient (Wildman–Crippen LogP) is 1.97. The van der Waals surface area contributed by atoms with E-state index in [-0.39, 0.29) is 12.3 Å². The van der Waals surface area contributed by atoms with Crippen LogP contribution in [0.3, 0.4) is 0 Å². The summed E-state index contributed by atoms with van der Waals surface area (Å²) in [5, 5.41) is 12.5. The van der Waals surface area contributed by atoms with Crippen molar-refractivity contribution in [2.24, 2.45) is 0 Å². The number of hydrogen-bond donors (Lipinski definition) is 3. The van der Waals surface area contributed by atoms with Crippen LogP contribution >= 0.6 is 0 Å². The van der Waals surface area contributed by atoms with Gasteiger partial charge >= 0.3 is 0 Å². The molecule has 0 aliphatic rings. The molecule has 0 aliphatic heterocycles. The molecule has 1 atom stereocenters. The van der Waals surface area contributed by atoms with Crippen molar-refractivity contribution in [3.8, 4) is 0 Å². The molecule has 1 unspecified atom stereocenters. The summed E-state index contributed by atoms with van der Waals surface area (Å²) in [6.07, 6.45) is 8.83. The summed E-state index contributed by atoms with van der Waals surface area (Å²) < 4.78 is 29.4. The largest absolute Gasteiger partial charge is 0.392 e. The van der Waals surface area contributed by atoms with Crippen LogP contribution in [0.1, 0.15) is 58.3 Å². The lowest BCUT2D eigenvalue weighted by Gasteiger charge is -2.11. The molecule has 19 heavy (non-hydrogen) atoms. The van der Waals surface area contributed by atoms with Gasteiger partial charge in [0, 0.05) is 13.1 Å². The van der Waals surface area contributed by atoms with E-state index in [9.17, 15) is 13.5 Å². The lowest BCUT2D eigenvalue weighted by molar-refractivity contribution is 0.158. The first-order chi connectivity index (χ1) is 8.95. The van der Waals surface area contributed by atoms with Gasteiger partial charge in [-0.05, 0) is 6.42 Å². The Hall–Kier alpha value is -0.170. The minimum atomic E-state index is -3.90. The number of aliphatic hydroxyl groups is 1. The highest BCUT2D eigenvalue weighted by atomic mass is 32.2. The van der Waals surface area contributed by atoms with Gasteiger partial charge in [-0.15, -0.1) is 0 Å². The zero-order chi connectivity index (χ0) is 14.6. The van der Waals surface area contributed by atoms with E-state index in [0.29, 0.717) is 6.54 Å². The van der Waals surface area contributed by atoms with Gasteiger partial charge in [-0.2, -0.15) is 8.42 Å². The van der Waals surface area contributed by atoms with Gasteiger partial charge in [0.15, 0.2) is 0 Å². The molecule has 3 N–H and O–H groups in total. The third kappa shape index (κ3) is 15.8. The van der Waals surface area contributed by atoms with Crippen LogP contribution in [0.15, 0.2) is 0 Å². The number of aliphatic hydroxyl groups excluding tert-OH is 1. The van der Waals surface area contributed by atoms with E-state index in [0.717, 1.165) is 19.3 Å². The molecule has 0 heterocycles. The second-order valence-electron chi connectivity index (χ2n) is 5.05. The molecule has 0 amide bonds. The fraction of sp³-hybridized carbons (Fsp3) is 1.00. The van der Waals surface area contributed by atoms with Crippen molar-refractivity contribution in [1.29, 1.82) is 0 Å². The zero-order valence-electron chi connectivity index (χ0n) is 12.0. The lowest BCUT2D eigenvalue weighted by Crippen LogP contribution is -2.30. The maximum Gasteiger partial charge on any atom is 0.266 e. The van der Waals surface area contributed by atoms with E-state index in [4.69, 9.17) is 4.55 Å². The van der Waals surface area contributed by atoms with Crippen molar-refractivity contribution in [2.45, 2.75) is 64.4 Å². The SMILES string of the molecule is CCCCCCCCCC(O)CNCCS(=O)(=O)O. The fourth-order valence-corrected chi connectivity index (χ4v) is 2.31. The van der Waals surface area contributed by atoms with Gasteiger partial charge in [-0.25, -0.2) is 0 Å². The van der Waals surface area contributed by atoms with Gasteiger partial charge < -0.3 is 10.4 Å². The first-order valence-electron chi connectivity index (χ1n) is 7.29. The molecule has 5 nitrogen and oxygen atoms in total. The third-order valence-electron chi connectivity index (χ3n) is 3.06. The van der Waals surface area contributed by atoms with E-state index in [1.807, 2.05) is 0 Å². The molecule has 0 spiro atoms. The number of hydrogen-bond acceptors (Lipinski definition) is 4. The van der Waals surface area contributed by atoms with Gasteiger partial charge in [-0.3, -0.25) is 4.55 Å². The first kappa shape index (κ1) is 18.8. The van der Waals surface area contributed by atoms with Crippen molar-refractivity contribution in [3.63, 3.8) is 0 Å². The third-order valence-corrected chi connectivity index (χ3v) is 3.78. The molecule has 0 saturated heterocycles. The van der Waals surface area contributed by atoms with Crippen molar-refractivity contribution in [3.05, 3.63) is 0 Å². The van der Waals surface area contributed by atoms with Crippen LogP contribution < -0.4 is 5.32 Å². The van der Waals surface area contributed by atoms with E-state index < -0.39 is 16.2 Å². The Morgan fingerprint density at radius 3 is 2.21 bits per heavy atom. The highest BCUT2D eigenvalue weighted by molar-refractivity contribution is 7.85.